The van der Waals surface area contributed by atoms with Crippen LogP contribution in [0.5, 0.6) is 0 Å². The summed E-state index contributed by atoms with van der Waals surface area (Å²) in [6.45, 7) is 4.46. The Hall–Kier alpha value is -1.51. The third kappa shape index (κ3) is 4.02. The summed E-state index contributed by atoms with van der Waals surface area (Å²) >= 11 is 0. The van der Waals surface area contributed by atoms with Gasteiger partial charge in [-0.05, 0) is 24.1 Å². The Morgan fingerprint density at radius 3 is 2.47 bits per heavy atom. The fourth-order valence-corrected chi connectivity index (χ4v) is 1.22. The molecule has 0 saturated carbocycles. The van der Waals surface area contributed by atoms with E-state index in [4.69, 9.17) is 5.73 Å². The monoisotopic (exact) mass is 206 g/mol. The average Bonchev–Trinajstić information content (AvgIpc) is 2.20. The molecule has 1 aromatic carbocycles. The molecule has 82 valence electrons. The van der Waals surface area contributed by atoms with E-state index in [1.165, 1.54) is 5.56 Å². The molecule has 0 aromatic heterocycles. The van der Waals surface area contributed by atoms with Crippen LogP contribution in [0.2, 0.25) is 0 Å². The molecular weight excluding hydrogens is 188 g/mol. The first-order valence-electron chi connectivity index (χ1n) is 5.21. The molecule has 0 bridgehead atoms. The molecule has 1 amide bonds. The van der Waals surface area contributed by atoms with Gasteiger partial charge < -0.3 is 11.1 Å². The van der Waals surface area contributed by atoms with Gasteiger partial charge in [-0.3, -0.25) is 4.79 Å². The molecule has 0 spiro atoms. The topological polar surface area (TPSA) is 55.1 Å². The highest BCUT2D eigenvalue weighted by molar-refractivity contribution is 5.77. The van der Waals surface area contributed by atoms with Gasteiger partial charge in [0.05, 0.1) is 0 Å². The third-order valence-electron chi connectivity index (χ3n) is 2.22. The SMILES string of the molecule is CC(C)C(=O)NCCc1ccc(N)cc1. The van der Waals surface area contributed by atoms with Crippen LogP contribution in [-0.2, 0) is 11.2 Å². The maximum Gasteiger partial charge on any atom is 0.222 e. The average molecular weight is 206 g/mol. The number of nitrogens with two attached hydrogens (primary N) is 1. The number of nitrogens with one attached hydrogen (secondary N) is 1. The summed E-state index contributed by atoms with van der Waals surface area (Å²) in [5.74, 6) is 0.155. The summed E-state index contributed by atoms with van der Waals surface area (Å²) < 4.78 is 0. The molecule has 3 nitrogen and oxygen atoms in total. The van der Waals surface area contributed by atoms with Gasteiger partial charge in [0.2, 0.25) is 5.91 Å². The van der Waals surface area contributed by atoms with E-state index in [1.54, 1.807) is 0 Å². The quantitative estimate of drug-likeness (QED) is 0.735. The van der Waals surface area contributed by atoms with Crippen LogP contribution in [0.1, 0.15) is 19.4 Å². The maximum atomic E-state index is 11.3. The first-order chi connectivity index (χ1) is 7.09. The Kier molecular flexibility index (Phi) is 4.16. The summed E-state index contributed by atoms with van der Waals surface area (Å²) in [5.41, 5.74) is 7.53. The van der Waals surface area contributed by atoms with Gasteiger partial charge in [0.25, 0.3) is 0 Å². The number of hydrogen-bond donors (Lipinski definition) is 2. The number of hydrogen-bond acceptors (Lipinski definition) is 2. The van der Waals surface area contributed by atoms with Gasteiger partial charge in [-0.15, -0.1) is 0 Å². The molecule has 0 fully saturated rings. The smallest absolute Gasteiger partial charge is 0.222 e. The molecule has 0 aliphatic rings. The van der Waals surface area contributed by atoms with Gasteiger partial charge in [-0.1, -0.05) is 26.0 Å². The highest BCUT2D eigenvalue weighted by atomic mass is 16.1. The maximum absolute atomic E-state index is 11.3. The zero-order valence-electron chi connectivity index (χ0n) is 9.29. The second-order valence-corrected chi connectivity index (χ2v) is 3.94. The summed E-state index contributed by atoms with van der Waals surface area (Å²) in [6, 6.07) is 7.72. The van der Waals surface area contributed by atoms with Crippen molar-refractivity contribution in [2.24, 2.45) is 5.92 Å². The van der Waals surface area contributed by atoms with E-state index in [9.17, 15) is 4.79 Å². The van der Waals surface area contributed by atoms with Gasteiger partial charge in [0.1, 0.15) is 0 Å². The largest absolute Gasteiger partial charge is 0.399 e. The third-order valence-corrected chi connectivity index (χ3v) is 2.22. The molecular formula is C12H18N2O. The predicted molar refractivity (Wildman–Crippen MR) is 62.4 cm³/mol. The van der Waals surface area contributed by atoms with Crippen LogP contribution >= 0.6 is 0 Å². The fraction of sp³-hybridized carbons (Fsp3) is 0.417. The van der Waals surface area contributed by atoms with Crippen molar-refractivity contribution in [1.29, 1.82) is 0 Å². The van der Waals surface area contributed by atoms with Crippen LogP contribution in [-0.4, -0.2) is 12.5 Å². The van der Waals surface area contributed by atoms with Gasteiger partial charge in [-0.2, -0.15) is 0 Å². The number of carbonyl (C=O) groups excluding carboxylic acids is 1. The van der Waals surface area contributed by atoms with E-state index < -0.39 is 0 Å². The minimum absolute atomic E-state index is 0.0522. The Morgan fingerprint density at radius 1 is 1.33 bits per heavy atom. The van der Waals surface area contributed by atoms with Crippen molar-refractivity contribution in [3.05, 3.63) is 29.8 Å². The summed E-state index contributed by atoms with van der Waals surface area (Å²) in [4.78, 5) is 11.3. The minimum Gasteiger partial charge on any atom is -0.399 e. The normalized spacial score (nSPS) is 10.3. The van der Waals surface area contributed by atoms with Crippen LogP contribution in [0, 0.1) is 5.92 Å². The molecule has 0 heterocycles. The van der Waals surface area contributed by atoms with Gasteiger partial charge in [-0.25, -0.2) is 0 Å². The van der Waals surface area contributed by atoms with E-state index in [-0.39, 0.29) is 11.8 Å². The Morgan fingerprint density at radius 2 is 1.93 bits per heavy atom. The number of rotatable bonds is 4. The van der Waals surface area contributed by atoms with E-state index in [1.807, 2.05) is 38.1 Å². The molecule has 0 atom stereocenters. The lowest BCUT2D eigenvalue weighted by Gasteiger charge is -2.07. The summed E-state index contributed by atoms with van der Waals surface area (Å²) in [6.07, 6.45) is 0.846. The lowest BCUT2D eigenvalue weighted by molar-refractivity contribution is -0.123. The molecule has 15 heavy (non-hydrogen) atoms. The Bertz CT molecular complexity index is 317. The Balaban J connectivity index is 2.32. The van der Waals surface area contributed by atoms with E-state index in [2.05, 4.69) is 5.32 Å². The highest BCUT2D eigenvalue weighted by Gasteiger charge is 2.04. The molecule has 3 N–H and O–H groups in total. The highest BCUT2D eigenvalue weighted by Crippen LogP contribution is 2.05. The van der Waals surface area contributed by atoms with Crippen molar-refractivity contribution >= 4 is 11.6 Å². The van der Waals surface area contributed by atoms with Crippen LogP contribution < -0.4 is 11.1 Å². The summed E-state index contributed by atoms with van der Waals surface area (Å²) in [7, 11) is 0. The second kappa shape index (κ2) is 5.39. The number of benzene rings is 1. The molecule has 0 radical (unpaired) electrons. The van der Waals surface area contributed by atoms with Gasteiger partial charge in [0.15, 0.2) is 0 Å². The van der Waals surface area contributed by atoms with Crippen molar-refractivity contribution in [3.63, 3.8) is 0 Å². The van der Waals surface area contributed by atoms with Crippen molar-refractivity contribution in [2.45, 2.75) is 20.3 Å². The minimum atomic E-state index is 0.0522. The van der Waals surface area contributed by atoms with E-state index in [0.29, 0.717) is 6.54 Å². The molecule has 1 rings (SSSR count). The Labute approximate surface area is 90.7 Å². The van der Waals surface area contributed by atoms with Crippen LogP contribution in [0.3, 0.4) is 0 Å². The summed E-state index contributed by atoms with van der Waals surface area (Å²) in [5, 5.41) is 2.88. The molecule has 0 unspecified atom stereocenters. The standard InChI is InChI=1S/C12H18N2O/c1-9(2)12(15)14-8-7-10-3-5-11(13)6-4-10/h3-6,9H,7-8,13H2,1-2H3,(H,14,15). The molecule has 3 heteroatoms. The number of amides is 1. The van der Waals surface area contributed by atoms with Crippen LogP contribution in [0.15, 0.2) is 24.3 Å². The van der Waals surface area contributed by atoms with Gasteiger partial charge in [0, 0.05) is 18.2 Å². The van der Waals surface area contributed by atoms with E-state index >= 15 is 0 Å². The van der Waals surface area contributed by atoms with E-state index in [0.717, 1.165) is 12.1 Å². The number of carbonyl (C=O) groups is 1. The predicted octanol–water partition coefficient (Wildman–Crippen LogP) is 1.58. The zero-order chi connectivity index (χ0) is 11.3. The van der Waals surface area contributed by atoms with Crippen molar-refractivity contribution in [2.75, 3.05) is 12.3 Å². The molecule has 1 aromatic rings. The molecule has 0 aliphatic carbocycles. The van der Waals surface area contributed by atoms with Crippen LogP contribution in [0.25, 0.3) is 0 Å². The van der Waals surface area contributed by atoms with Crippen molar-refractivity contribution in [3.8, 4) is 0 Å². The first kappa shape index (κ1) is 11.6. The molecule has 0 saturated heterocycles. The number of anilines is 1. The second-order valence-electron chi connectivity index (χ2n) is 3.94. The van der Waals surface area contributed by atoms with Gasteiger partial charge >= 0.3 is 0 Å². The van der Waals surface area contributed by atoms with Crippen molar-refractivity contribution in [1.82, 2.24) is 5.32 Å². The zero-order valence-corrected chi connectivity index (χ0v) is 9.29. The number of nitrogen functional groups attached to an aromatic ring is 1. The lowest BCUT2D eigenvalue weighted by atomic mass is 10.1. The first-order valence-corrected chi connectivity index (χ1v) is 5.21. The molecule has 0 aliphatic heterocycles. The van der Waals surface area contributed by atoms with Crippen molar-refractivity contribution < 1.29 is 4.79 Å². The van der Waals surface area contributed by atoms with Crippen LogP contribution in [0.4, 0.5) is 5.69 Å². The fourth-order valence-electron chi connectivity index (χ4n) is 1.22. The lowest BCUT2D eigenvalue weighted by Crippen LogP contribution is -2.29.